The van der Waals surface area contributed by atoms with Gasteiger partial charge in [0.05, 0.1) is 0 Å². The Hall–Kier alpha value is -2.13. The first-order chi connectivity index (χ1) is 16.8. The molecule has 0 aromatic carbocycles. The number of carbonyl (C=O) groups excluding carboxylic acids is 1. The van der Waals surface area contributed by atoms with Crippen molar-refractivity contribution in [3.63, 3.8) is 0 Å². The summed E-state index contributed by atoms with van der Waals surface area (Å²) in [6, 6.07) is -5.02. The average Bonchev–Trinajstić information content (AvgIpc) is 2.62. The van der Waals surface area contributed by atoms with E-state index in [9.17, 15) is 110 Å². The number of alkyl halides is 23. The standard InChI is InChI=1S/C12F24O4/c13-1(37)2(14,6(19,20)21)38-11(33,34)4(17,8(25,26)27)40-12(35,36)5(18,9(28,29)30)39-10(31,32)3(15,16)7(22,23)24/t2-,4+,5+/m1/s1. The quantitative estimate of drug-likeness (QED) is 0.183. The van der Waals surface area contributed by atoms with Crippen molar-refractivity contribution in [2.75, 3.05) is 0 Å². The van der Waals surface area contributed by atoms with Crippen molar-refractivity contribution in [3.05, 3.63) is 0 Å². The van der Waals surface area contributed by atoms with Crippen molar-refractivity contribution in [2.24, 2.45) is 0 Å². The largest absolute Gasteiger partial charge is 0.462 e. The molecule has 0 heterocycles. The van der Waals surface area contributed by atoms with E-state index in [4.69, 9.17) is 0 Å². The van der Waals surface area contributed by atoms with Crippen molar-refractivity contribution in [3.8, 4) is 0 Å². The van der Waals surface area contributed by atoms with Crippen molar-refractivity contribution < 1.29 is 124 Å². The number of hydrogen-bond acceptors (Lipinski definition) is 4. The average molecular weight is 664 g/mol. The van der Waals surface area contributed by atoms with E-state index in [1.807, 2.05) is 0 Å². The lowest BCUT2D eigenvalue weighted by atomic mass is 10.2. The number of rotatable bonds is 10. The Labute approximate surface area is 198 Å². The van der Waals surface area contributed by atoms with Crippen LogP contribution in [0.3, 0.4) is 0 Å². The normalized spacial score (nSPS) is 20.0. The second-order valence-corrected chi connectivity index (χ2v) is 6.48. The van der Waals surface area contributed by atoms with E-state index >= 15 is 0 Å². The van der Waals surface area contributed by atoms with Crippen LogP contribution in [0.4, 0.5) is 105 Å². The molecule has 0 amide bonds. The Morgan fingerprint density at radius 3 is 0.875 bits per heavy atom. The van der Waals surface area contributed by atoms with Crippen LogP contribution in [-0.4, -0.2) is 72.6 Å². The Balaban J connectivity index is 7.24. The van der Waals surface area contributed by atoms with Gasteiger partial charge < -0.3 is 0 Å². The molecule has 0 aromatic rings. The van der Waals surface area contributed by atoms with Gasteiger partial charge in [0.15, 0.2) is 0 Å². The van der Waals surface area contributed by atoms with E-state index in [1.165, 1.54) is 4.74 Å². The van der Waals surface area contributed by atoms with Crippen LogP contribution in [0, 0.1) is 0 Å². The monoisotopic (exact) mass is 664 g/mol. The minimum absolute atomic E-state index is 0.953. The predicted octanol–water partition coefficient (Wildman–Crippen LogP) is 7.19. The minimum Gasteiger partial charge on any atom is -0.263 e. The van der Waals surface area contributed by atoms with Crippen LogP contribution in [0.2, 0.25) is 0 Å². The third-order valence-electron chi connectivity index (χ3n) is 3.62. The minimum atomic E-state index is -8.80. The molecule has 0 spiro atoms. The highest BCUT2D eigenvalue weighted by molar-refractivity contribution is 5.77. The molecule has 0 rings (SSSR count). The Bertz CT molecular complexity index is 928. The van der Waals surface area contributed by atoms with E-state index < -0.39 is 72.6 Å². The van der Waals surface area contributed by atoms with E-state index in [-0.39, 0.29) is 0 Å². The molecule has 0 bridgehead atoms. The molecule has 0 radical (unpaired) electrons. The summed E-state index contributed by atoms with van der Waals surface area (Å²) in [6.07, 6.45) is -58.2. The summed E-state index contributed by atoms with van der Waals surface area (Å²) in [5.74, 6) is -33.2. The third-order valence-corrected chi connectivity index (χ3v) is 3.62. The van der Waals surface area contributed by atoms with E-state index in [0.29, 0.717) is 0 Å². The SMILES string of the molecule is O=C(F)[C@@](F)(OC(F)(F)[C@@](F)(OC(F)(F)[C@@](F)(OC(F)(F)C(F)(F)C(F)(F)F)C(F)(F)F)C(F)(F)F)C(F)(F)F. The lowest BCUT2D eigenvalue weighted by Gasteiger charge is -2.42. The molecule has 240 valence electrons. The highest BCUT2D eigenvalue weighted by Crippen LogP contribution is 2.59. The molecule has 0 aromatic heterocycles. The summed E-state index contributed by atoms with van der Waals surface area (Å²) in [6.45, 7) is 0. The Kier molecular flexibility index (Phi) is 9.20. The summed E-state index contributed by atoms with van der Waals surface area (Å²) in [5.41, 5.74) is 0. The second-order valence-electron chi connectivity index (χ2n) is 6.48. The number of halogens is 24. The van der Waals surface area contributed by atoms with Gasteiger partial charge in [0.25, 0.3) is 0 Å². The van der Waals surface area contributed by atoms with Crippen molar-refractivity contribution in [2.45, 2.75) is 66.5 Å². The lowest BCUT2D eigenvalue weighted by molar-refractivity contribution is -0.577. The smallest absolute Gasteiger partial charge is 0.263 e. The van der Waals surface area contributed by atoms with Crippen LogP contribution >= 0.6 is 0 Å². The van der Waals surface area contributed by atoms with Gasteiger partial charge in [-0.1, -0.05) is 0 Å². The van der Waals surface area contributed by atoms with Crippen LogP contribution in [-0.2, 0) is 19.0 Å². The molecular formula is C12F24O4. The van der Waals surface area contributed by atoms with Gasteiger partial charge in [-0.15, -0.1) is 0 Å². The number of ether oxygens (including phenoxy) is 3. The number of carbonyl (C=O) groups is 1. The zero-order valence-corrected chi connectivity index (χ0v) is 16.7. The zero-order chi connectivity index (χ0) is 33.2. The topological polar surface area (TPSA) is 44.8 Å². The number of hydrogen-bond donors (Lipinski definition) is 0. The molecule has 0 unspecified atom stereocenters. The van der Waals surface area contributed by atoms with Gasteiger partial charge in [-0.2, -0.15) is 105 Å². The summed E-state index contributed by atoms with van der Waals surface area (Å²) >= 11 is 0. The molecule has 0 N–H and O–H groups in total. The fraction of sp³-hybridized carbons (Fsp3) is 0.917. The molecule has 40 heavy (non-hydrogen) atoms. The molecule has 28 heteroatoms. The molecule has 0 saturated carbocycles. The van der Waals surface area contributed by atoms with Gasteiger partial charge >= 0.3 is 72.6 Å². The predicted molar refractivity (Wildman–Crippen MR) is 64.9 cm³/mol. The third kappa shape index (κ3) is 6.06. The first-order valence-corrected chi connectivity index (χ1v) is 7.96. The van der Waals surface area contributed by atoms with Gasteiger partial charge in [-0.05, 0) is 0 Å². The maximum absolute atomic E-state index is 14.0. The maximum Gasteiger partial charge on any atom is 0.462 e. The van der Waals surface area contributed by atoms with E-state index in [0.717, 1.165) is 9.47 Å². The van der Waals surface area contributed by atoms with Crippen LogP contribution < -0.4 is 0 Å². The fourth-order valence-electron chi connectivity index (χ4n) is 1.66. The van der Waals surface area contributed by atoms with Crippen LogP contribution in [0.15, 0.2) is 0 Å². The van der Waals surface area contributed by atoms with Gasteiger partial charge in [0, 0.05) is 0 Å². The molecule has 0 saturated heterocycles. The van der Waals surface area contributed by atoms with Crippen molar-refractivity contribution in [1.29, 1.82) is 0 Å². The van der Waals surface area contributed by atoms with Gasteiger partial charge in [-0.25, -0.2) is 0 Å². The van der Waals surface area contributed by atoms with E-state index in [1.54, 1.807) is 0 Å². The lowest BCUT2D eigenvalue weighted by Crippen LogP contribution is -2.70. The Morgan fingerprint density at radius 1 is 0.375 bits per heavy atom. The molecule has 4 nitrogen and oxygen atoms in total. The van der Waals surface area contributed by atoms with Gasteiger partial charge in [-0.3, -0.25) is 19.0 Å². The van der Waals surface area contributed by atoms with E-state index in [2.05, 4.69) is 0 Å². The van der Waals surface area contributed by atoms with Crippen molar-refractivity contribution >= 4 is 6.04 Å². The first-order valence-electron chi connectivity index (χ1n) is 7.96. The summed E-state index contributed by atoms with van der Waals surface area (Å²) in [7, 11) is 0. The van der Waals surface area contributed by atoms with Crippen LogP contribution in [0.25, 0.3) is 0 Å². The van der Waals surface area contributed by atoms with Crippen LogP contribution in [0.1, 0.15) is 0 Å². The molecule has 3 atom stereocenters. The Morgan fingerprint density at radius 2 is 0.650 bits per heavy atom. The highest BCUT2D eigenvalue weighted by atomic mass is 19.4. The summed E-state index contributed by atoms with van der Waals surface area (Å²) < 4.78 is 311. The van der Waals surface area contributed by atoms with Gasteiger partial charge in [0.2, 0.25) is 0 Å². The maximum atomic E-state index is 14.0. The molecule has 0 aliphatic rings. The molecule has 0 fully saturated rings. The van der Waals surface area contributed by atoms with Crippen LogP contribution in [0.5, 0.6) is 0 Å². The summed E-state index contributed by atoms with van der Waals surface area (Å²) in [5, 5.41) is 0. The molecule has 0 aliphatic heterocycles. The highest BCUT2D eigenvalue weighted by Gasteiger charge is 2.88. The summed E-state index contributed by atoms with van der Waals surface area (Å²) in [4.78, 5) is 9.99. The molecular weight excluding hydrogens is 664 g/mol. The second kappa shape index (κ2) is 9.72. The zero-order valence-electron chi connectivity index (χ0n) is 16.7. The van der Waals surface area contributed by atoms with Crippen molar-refractivity contribution in [1.82, 2.24) is 0 Å². The fourth-order valence-corrected chi connectivity index (χ4v) is 1.66. The van der Waals surface area contributed by atoms with Gasteiger partial charge in [0.1, 0.15) is 0 Å². The first kappa shape index (κ1) is 37.9. The molecule has 0 aliphatic carbocycles.